The highest BCUT2D eigenvalue weighted by Crippen LogP contribution is 2.25. The molecule has 3 N–H and O–H groups in total. The molecule has 0 aromatic heterocycles. The second-order valence-corrected chi connectivity index (χ2v) is 4.38. The number of carbonyl (C=O) groups is 1. The number of aliphatic carboxylic acids is 1. The minimum absolute atomic E-state index is 0.133. The molecule has 94 valence electrons. The molecule has 1 unspecified atom stereocenters. The van der Waals surface area contributed by atoms with Crippen molar-refractivity contribution >= 4 is 17.6 Å². The van der Waals surface area contributed by atoms with Gasteiger partial charge in [0.2, 0.25) is 0 Å². The van der Waals surface area contributed by atoms with Gasteiger partial charge in [-0.25, -0.2) is 4.79 Å². The average molecular weight is 258 g/mol. The Morgan fingerprint density at radius 2 is 2.06 bits per heavy atom. The Labute approximate surface area is 105 Å². The van der Waals surface area contributed by atoms with E-state index in [0.717, 1.165) is 16.7 Å². The molecule has 0 aliphatic carbocycles. The van der Waals surface area contributed by atoms with E-state index in [4.69, 9.17) is 27.2 Å². The lowest BCUT2D eigenvalue weighted by Gasteiger charge is -2.15. The van der Waals surface area contributed by atoms with Gasteiger partial charge in [-0.15, -0.1) is 0 Å². The number of carboxylic acid groups (broad SMARTS) is 1. The fourth-order valence-electron chi connectivity index (χ4n) is 1.45. The third kappa shape index (κ3) is 4.00. The average Bonchev–Trinajstić information content (AvgIpc) is 2.22. The first-order valence-electron chi connectivity index (χ1n) is 5.23. The zero-order valence-corrected chi connectivity index (χ0v) is 10.6. The molecule has 0 saturated heterocycles. The van der Waals surface area contributed by atoms with Crippen molar-refractivity contribution in [2.45, 2.75) is 19.9 Å². The normalized spacial score (nSPS) is 12.5. The molecule has 17 heavy (non-hydrogen) atoms. The maximum atomic E-state index is 10.3. The Morgan fingerprint density at radius 3 is 2.65 bits per heavy atom. The summed E-state index contributed by atoms with van der Waals surface area (Å²) in [6, 6.07) is 3.34. The first kappa shape index (κ1) is 14.0. The summed E-state index contributed by atoms with van der Waals surface area (Å²) in [5.74, 6) is -1.01. The summed E-state index contributed by atoms with van der Waals surface area (Å²) in [7, 11) is 0. The van der Waals surface area contributed by atoms with Crippen LogP contribution in [0.3, 0.4) is 0 Å². The topological polar surface area (TPSA) is 72.5 Å². The van der Waals surface area contributed by atoms with Gasteiger partial charge >= 0.3 is 5.97 Å². The molecule has 0 spiro atoms. The molecular formula is C12H16ClNO3. The van der Waals surface area contributed by atoms with E-state index >= 15 is 0 Å². The molecule has 5 heteroatoms. The lowest BCUT2D eigenvalue weighted by molar-refractivity contribution is -0.142. The summed E-state index contributed by atoms with van der Waals surface area (Å²) in [6.45, 7) is 3.72. The first-order valence-corrected chi connectivity index (χ1v) is 5.61. The van der Waals surface area contributed by atoms with E-state index in [2.05, 4.69) is 0 Å². The predicted molar refractivity (Wildman–Crippen MR) is 66.3 cm³/mol. The van der Waals surface area contributed by atoms with Crippen LogP contribution in [0.15, 0.2) is 12.1 Å². The van der Waals surface area contributed by atoms with Crippen LogP contribution in [-0.4, -0.2) is 24.3 Å². The van der Waals surface area contributed by atoms with Gasteiger partial charge in [-0.2, -0.15) is 0 Å². The smallest absolute Gasteiger partial charge is 0.329 e. The summed E-state index contributed by atoms with van der Waals surface area (Å²) in [6.07, 6.45) is 0. The van der Waals surface area contributed by atoms with Crippen molar-refractivity contribution in [3.63, 3.8) is 0 Å². The van der Waals surface area contributed by atoms with Crippen molar-refractivity contribution in [2.75, 3.05) is 13.2 Å². The summed E-state index contributed by atoms with van der Waals surface area (Å²) in [4.78, 5) is 10.3. The van der Waals surface area contributed by atoms with Gasteiger partial charge in [0, 0.05) is 5.02 Å². The van der Waals surface area contributed by atoms with Gasteiger partial charge in [-0.1, -0.05) is 17.7 Å². The monoisotopic (exact) mass is 257 g/mol. The van der Waals surface area contributed by atoms with Gasteiger partial charge in [-0.3, -0.25) is 0 Å². The van der Waals surface area contributed by atoms with Gasteiger partial charge in [0.05, 0.1) is 12.6 Å². The molecule has 4 nitrogen and oxygen atoms in total. The number of hydrogen-bond donors (Lipinski definition) is 2. The number of ether oxygens (including phenoxy) is 1. The van der Waals surface area contributed by atoms with Gasteiger partial charge in [0.1, 0.15) is 6.61 Å². The van der Waals surface area contributed by atoms with Gasteiger partial charge in [0.25, 0.3) is 0 Å². The quantitative estimate of drug-likeness (QED) is 0.847. The van der Waals surface area contributed by atoms with E-state index < -0.39 is 12.0 Å². The second kappa shape index (κ2) is 6.00. The van der Waals surface area contributed by atoms with Crippen LogP contribution in [0.25, 0.3) is 0 Å². The van der Waals surface area contributed by atoms with Crippen molar-refractivity contribution in [1.29, 1.82) is 0 Å². The maximum Gasteiger partial charge on any atom is 0.329 e. The highest BCUT2D eigenvalue weighted by Gasteiger charge is 2.12. The number of aryl methyl sites for hydroxylation is 2. The lowest BCUT2D eigenvalue weighted by atomic mass is 10.0. The van der Waals surface area contributed by atoms with Crippen LogP contribution in [-0.2, 0) is 9.53 Å². The molecule has 0 radical (unpaired) electrons. The molecule has 0 amide bonds. The highest BCUT2D eigenvalue weighted by atomic mass is 35.5. The summed E-state index contributed by atoms with van der Waals surface area (Å²) in [5, 5.41) is 9.02. The molecule has 1 rings (SSSR count). The zero-order chi connectivity index (χ0) is 13.0. The van der Waals surface area contributed by atoms with Crippen LogP contribution in [0.4, 0.5) is 0 Å². The number of carboxylic acids is 1. The molecule has 0 saturated carbocycles. The van der Waals surface area contributed by atoms with E-state index in [-0.39, 0.29) is 13.2 Å². The Balaban J connectivity index is 2.71. The molecule has 1 atom stereocenters. The van der Waals surface area contributed by atoms with E-state index in [1.54, 1.807) is 0 Å². The molecule has 1 aromatic carbocycles. The number of halogens is 1. The van der Waals surface area contributed by atoms with Gasteiger partial charge < -0.3 is 15.6 Å². The first-order chi connectivity index (χ1) is 7.91. The minimum atomic E-state index is -1.01. The van der Waals surface area contributed by atoms with Crippen molar-refractivity contribution in [3.05, 3.63) is 33.8 Å². The Bertz CT molecular complexity index is 420. The molecule has 0 aliphatic heterocycles. The van der Waals surface area contributed by atoms with Crippen LogP contribution in [0, 0.1) is 13.8 Å². The highest BCUT2D eigenvalue weighted by molar-refractivity contribution is 6.31. The third-order valence-electron chi connectivity index (χ3n) is 2.54. The van der Waals surface area contributed by atoms with Crippen LogP contribution in [0.2, 0.25) is 5.02 Å². The summed E-state index contributed by atoms with van der Waals surface area (Å²) >= 11 is 6.09. The SMILES string of the molecule is Cc1cc(Cl)c(C(N)COCC(=O)O)cc1C. The number of benzene rings is 1. The van der Waals surface area contributed by atoms with E-state index in [0.29, 0.717) is 5.02 Å². The summed E-state index contributed by atoms with van der Waals surface area (Å²) in [5.41, 5.74) is 8.87. The lowest BCUT2D eigenvalue weighted by Crippen LogP contribution is -2.20. The van der Waals surface area contributed by atoms with Crippen molar-refractivity contribution < 1.29 is 14.6 Å². The van der Waals surface area contributed by atoms with Crippen molar-refractivity contribution in [2.24, 2.45) is 5.73 Å². The van der Waals surface area contributed by atoms with E-state index in [1.807, 2.05) is 26.0 Å². The second-order valence-electron chi connectivity index (χ2n) is 3.97. The predicted octanol–water partition coefficient (Wildman–Crippen LogP) is 2.06. The molecule has 1 aromatic rings. The van der Waals surface area contributed by atoms with Gasteiger partial charge in [-0.05, 0) is 36.6 Å². The van der Waals surface area contributed by atoms with Crippen LogP contribution in [0.5, 0.6) is 0 Å². The fraction of sp³-hybridized carbons (Fsp3) is 0.417. The molecule has 0 bridgehead atoms. The Morgan fingerprint density at radius 1 is 1.47 bits per heavy atom. The minimum Gasteiger partial charge on any atom is -0.480 e. The zero-order valence-electron chi connectivity index (χ0n) is 9.87. The molecular weight excluding hydrogens is 242 g/mol. The van der Waals surface area contributed by atoms with E-state index in [9.17, 15) is 4.79 Å². The maximum absolute atomic E-state index is 10.3. The fourth-order valence-corrected chi connectivity index (χ4v) is 1.81. The largest absolute Gasteiger partial charge is 0.480 e. The number of nitrogens with two attached hydrogens (primary N) is 1. The van der Waals surface area contributed by atoms with Crippen molar-refractivity contribution in [1.82, 2.24) is 0 Å². The molecule has 0 heterocycles. The third-order valence-corrected chi connectivity index (χ3v) is 2.86. The van der Waals surface area contributed by atoms with Crippen molar-refractivity contribution in [3.8, 4) is 0 Å². The Hall–Kier alpha value is -1.10. The molecule has 0 aliphatic rings. The Kier molecular flexibility index (Phi) is 4.93. The van der Waals surface area contributed by atoms with E-state index in [1.165, 1.54) is 0 Å². The van der Waals surface area contributed by atoms with Crippen LogP contribution < -0.4 is 5.73 Å². The number of hydrogen-bond acceptors (Lipinski definition) is 3. The number of rotatable bonds is 5. The van der Waals surface area contributed by atoms with Gasteiger partial charge in [0.15, 0.2) is 0 Å². The van der Waals surface area contributed by atoms with Crippen LogP contribution >= 0.6 is 11.6 Å². The summed E-state index contributed by atoms with van der Waals surface area (Å²) < 4.78 is 4.95. The molecule has 0 fully saturated rings. The standard InChI is InChI=1S/C12H16ClNO3/c1-7-3-9(10(13)4-8(7)2)11(14)5-17-6-12(15)16/h3-4,11H,5-6,14H2,1-2H3,(H,15,16). The van der Waals surface area contributed by atoms with Crippen LogP contribution in [0.1, 0.15) is 22.7 Å².